The molecule has 0 bridgehead atoms. The summed E-state index contributed by atoms with van der Waals surface area (Å²) in [4.78, 5) is 4.13. The third kappa shape index (κ3) is 1.46. The van der Waals surface area contributed by atoms with Crippen molar-refractivity contribution >= 4 is 11.9 Å². The Hall–Kier alpha value is -1.54. The van der Waals surface area contributed by atoms with Crippen LogP contribution in [-0.4, -0.2) is 49.0 Å². The van der Waals surface area contributed by atoms with Gasteiger partial charge in [-0.25, -0.2) is 4.99 Å². The molecule has 8 nitrogen and oxygen atoms in total. The van der Waals surface area contributed by atoms with E-state index in [1.165, 1.54) is 0 Å². The molecule has 3 rings (SSSR count). The van der Waals surface area contributed by atoms with Crippen LogP contribution in [0.5, 0.6) is 0 Å². The van der Waals surface area contributed by atoms with Crippen molar-refractivity contribution in [2.75, 3.05) is 6.54 Å². The number of nitrogens with two attached hydrogens (primary N) is 2. The highest BCUT2D eigenvalue weighted by Crippen LogP contribution is 2.38. The second kappa shape index (κ2) is 3.22. The van der Waals surface area contributed by atoms with Crippen LogP contribution >= 0.6 is 0 Å². The molecule has 2 saturated heterocycles. The molecule has 3 aliphatic heterocycles. The van der Waals surface area contributed by atoms with Crippen molar-refractivity contribution in [3.05, 3.63) is 0 Å². The highest BCUT2D eigenvalue weighted by atomic mass is 16.6. The third-order valence-corrected chi connectivity index (χ3v) is 2.98. The van der Waals surface area contributed by atoms with Crippen molar-refractivity contribution in [3.8, 4) is 0 Å². The van der Waals surface area contributed by atoms with E-state index in [0.29, 0.717) is 12.5 Å². The smallest absolute Gasteiger partial charge is 0.191 e. The fraction of sp³-hybridized carbons (Fsp3) is 0.750. The lowest BCUT2D eigenvalue weighted by Gasteiger charge is -2.27. The van der Waals surface area contributed by atoms with Crippen LogP contribution in [0.3, 0.4) is 0 Å². The van der Waals surface area contributed by atoms with E-state index in [2.05, 4.69) is 15.6 Å². The molecule has 7 N–H and O–H groups in total. The lowest BCUT2D eigenvalue weighted by molar-refractivity contribution is -0.0366. The first-order chi connectivity index (χ1) is 7.65. The number of guanidine groups is 2. The van der Waals surface area contributed by atoms with Crippen LogP contribution in [-0.2, 0) is 9.47 Å². The van der Waals surface area contributed by atoms with Gasteiger partial charge in [-0.1, -0.05) is 0 Å². The molecule has 0 amide bonds. The van der Waals surface area contributed by atoms with Crippen LogP contribution < -0.4 is 22.1 Å². The Morgan fingerprint density at radius 2 is 2.31 bits per heavy atom. The predicted molar refractivity (Wildman–Crippen MR) is 55.8 cm³/mol. The number of fused-ring (bicyclic) bond motifs is 3. The van der Waals surface area contributed by atoms with Gasteiger partial charge >= 0.3 is 0 Å². The standard InChI is InChI=1S/C8H14N6O2/c9-7(10)12-1-2-4-5(16-4)3-6(15-2)14-8(11)13-3/h2-6H,1H2,(H4,9,10,12)(H3,11,13,14)/t2?,3?,4-,5?,6+/m1/s1. The number of rotatable bonds is 2. The molecule has 2 fully saturated rings. The summed E-state index contributed by atoms with van der Waals surface area (Å²) in [5.41, 5.74) is 10.8. The molecule has 0 aliphatic carbocycles. The van der Waals surface area contributed by atoms with Gasteiger partial charge in [0.05, 0.1) is 0 Å². The minimum atomic E-state index is -0.289. The molecule has 5 atom stereocenters. The molecule has 88 valence electrons. The molecule has 3 heterocycles. The Morgan fingerprint density at radius 1 is 1.50 bits per heavy atom. The molecule has 8 heteroatoms. The second-order valence-corrected chi connectivity index (χ2v) is 4.11. The van der Waals surface area contributed by atoms with E-state index < -0.39 is 0 Å². The summed E-state index contributed by atoms with van der Waals surface area (Å²) in [6.07, 6.45) is -0.280. The minimum absolute atomic E-state index is 0.0265. The zero-order valence-corrected chi connectivity index (χ0v) is 8.51. The maximum Gasteiger partial charge on any atom is 0.191 e. The van der Waals surface area contributed by atoms with Crippen molar-refractivity contribution in [1.29, 1.82) is 5.41 Å². The lowest BCUT2D eigenvalue weighted by atomic mass is 10.0. The first-order valence-corrected chi connectivity index (χ1v) is 5.14. The van der Waals surface area contributed by atoms with Gasteiger partial charge < -0.3 is 31.6 Å². The van der Waals surface area contributed by atoms with Crippen LogP contribution in [0.15, 0.2) is 4.99 Å². The molecule has 0 spiro atoms. The Bertz CT molecular complexity index is 358. The maximum atomic E-state index is 7.08. The average Bonchev–Trinajstić information content (AvgIpc) is 2.92. The number of hydrogen-bond donors (Lipinski definition) is 5. The Kier molecular flexibility index (Phi) is 1.95. The zero-order chi connectivity index (χ0) is 11.3. The molecule has 0 saturated carbocycles. The van der Waals surface area contributed by atoms with Gasteiger partial charge in [0.25, 0.3) is 0 Å². The van der Waals surface area contributed by atoms with E-state index in [-0.39, 0.29) is 36.5 Å². The molecular formula is C8H14N6O2. The maximum absolute atomic E-state index is 7.08. The van der Waals surface area contributed by atoms with Crippen LogP contribution in [0.2, 0.25) is 0 Å². The lowest BCUT2D eigenvalue weighted by Crippen LogP contribution is -2.52. The van der Waals surface area contributed by atoms with E-state index in [1.54, 1.807) is 0 Å². The third-order valence-electron chi connectivity index (χ3n) is 2.98. The summed E-state index contributed by atoms with van der Waals surface area (Å²) in [6, 6.07) is 0.0265. The van der Waals surface area contributed by atoms with Gasteiger partial charge in [0.2, 0.25) is 0 Å². The number of hydrogen-bond acceptors (Lipinski definition) is 6. The second-order valence-electron chi connectivity index (χ2n) is 4.11. The van der Waals surface area contributed by atoms with Crippen LogP contribution in [0.1, 0.15) is 0 Å². The van der Waals surface area contributed by atoms with Gasteiger partial charge in [-0.15, -0.1) is 0 Å². The van der Waals surface area contributed by atoms with Crippen molar-refractivity contribution in [2.45, 2.75) is 30.6 Å². The number of aliphatic imine (C=N–C) groups is 1. The van der Waals surface area contributed by atoms with Gasteiger partial charge in [0.15, 0.2) is 18.1 Å². The van der Waals surface area contributed by atoms with Gasteiger partial charge in [-0.05, 0) is 0 Å². The van der Waals surface area contributed by atoms with Gasteiger partial charge in [0, 0.05) is 6.54 Å². The van der Waals surface area contributed by atoms with Gasteiger partial charge in [0.1, 0.15) is 24.4 Å². The van der Waals surface area contributed by atoms with Crippen LogP contribution in [0, 0.1) is 5.41 Å². The van der Waals surface area contributed by atoms with Crippen molar-refractivity contribution in [1.82, 2.24) is 10.6 Å². The summed E-state index contributed by atoms with van der Waals surface area (Å²) in [5, 5.41) is 12.8. The normalized spacial score (nSPS) is 43.8. The average molecular weight is 226 g/mol. The number of nitrogens with zero attached hydrogens (tertiary/aromatic N) is 1. The molecule has 3 aliphatic rings. The summed E-state index contributed by atoms with van der Waals surface area (Å²) < 4.78 is 11.2. The van der Waals surface area contributed by atoms with Crippen LogP contribution in [0.25, 0.3) is 0 Å². The van der Waals surface area contributed by atoms with E-state index >= 15 is 0 Å². The van der Waals surface area contributed by atoms with E-state index in [4.69, 9.17) is 26.4 Å². The highest BCUT2D eigenvalue weighted by Gasteiger charge is 2.59. The largest absolute Gasteiger partial charge is 0.370 e. The molecular weight excluding hydrogens is 212 g/mol. The first-order valence-electron chi connectivity index (χ1n) is 5.14. The summed E-state index contributed by atoms with van der Waals surface area (Å²) in [5.74, 6) is 0.319. The van der Waals surface area contributed by atoms with Gasteiger partial charge in [-0.3, -0.25) is 5.41 Å². The van der Waals surface area contributed by atoms with Crippen LogP contribution in [0.4, 0.5) is 0 Å². The Labute approximate surface area is 91.9 Å². The SMILES string of the molecule is N=C(N)NCC1O[C@@H]2N=C(N)NC2C2O[C@H]12. The van der Waals surface area contributed by atoms with E-state index in [0.717, 1.165) is 0 Å². The minimum Gasteiger partial charge on any atom is -0.370 e. The molecule has 0 aromatic heterocycles. The summed E-state index contributed by atoms with van der Waals surface area (Å²) in [7, 11) is 0. The van der Waals surface area contributed by atoms with Gasteiger partial charge in [-0.2, -0.15) is 0 Å². The fourth-order valence-corrected chi connectivity index (χ4v) is 2.21. The van der Waals surface area contributed by atoms with Crippen molar-refractivity contribution in [2.24, 2.45) is 16.5 Å². The van der Waals surface area contributed by atoms with Crippen molar-refractivity contribution in [3.63, 3.8) is 0 Å². The number of ether oxygens (including phenoxy) is 2. The van der Waals surface area contributed by atoms with E-state index in [9.17, 15) is 0 Å². The monoisotopic (exact) mass is 226 g/mol. The number of nitrogens with one attached hydrogen (secondary N) is 3. The molecule has 0 aromatic carbocycles. The zero-order valence-electron chi connectivity index (χ0n) is 8.51. The molecule has 0 aromatic rings. The highest BCUT2D eigenvalue weighted by molar-refractivity contribution is 5.80. The molecule has 3 unspecified atom stereocenters. The van der Waals surface area contributed by atoms with Crippen molar-refractivity contribution < 1.29 is 9.47 Å². The predicted octanol–water partition coefficient (Wildman–Crippen LogP) is -2.75. The molecule has 0 radical (unpaired) electrons. The molecule has 16 heavy (non-hydrogen) atoms. The summed E-state index contributed by atoms with van der Waals surface area (Å²) in [6.45, 7) is 0.454. The fourth-order valence-electron chi connectivity index (χ4n) is 2.21. The summed E-state index contributed by atoms with van der Waals surface area (Å²) >= 11 is 0. The van der Waals surface area contributed by atoms with E-state index in [1.807, 2.05) is 0 Å². The topological polar surface area (TPSA) is 134 Å². The Morgan fingerprint density at radius 3 is 3.06 bits per heavy atom. The first kappa shape index (κ1) is 9.67. The Balaban J connectivity index is 1.64. The quantitative estimate of drug-likeness (QED) is 0.197. The number of epoxide rings is 1.